The van der Waals surface area contributed by atoms with Gasteiger partial charge in [0.1, 0.15) is 0 Å². The van der Waals surface area contributed by atoms with E-state index in [9.17, 15) is 9.90 Å². The van der Waals surface area contributed by atoms with Crippen molar-refractivity contribution in [2.45, 2.75) is 45.8 Å². The summed E-state index contributed by atoms with van der Waals surface area (Å²) < 4.78 is 7.59. The smallest absolute Gasteiger partial charge is 0.255 e. The molecule has 1 saturated carbocycles. The van der Waals surface area contributed by atoms with Gasteiger partial charge in [0.15, 0.2) is 0 Å². The third-order valence-electron chi connectivity index (χ3n) is 5.27. The van der Waals surface area contributed by atoms with Crippen LogP contribution in [0.15, 0.2) is 6.07 Å². The quantitative estimate of drug-likeness (QED) is 0.812. The first-order valence-corrected chi connectivity index (χ1v) is 9.47. The van der Waals surface area contributed by atoms with E-state index in [2.05, 4.69) is 23.3 Å². The molecule has 2 heterocycles. The fourth-order valence-electron chi connectivity index (χ4n) is 3.80. The fourth-order valence-corrected chi connectivity index (χ4v) is 3.80. The Morgan fingerprint density at radius 1 is 1.28 bits per heavy atom. The first kappa shape index (κ1) is 18.4. The minimum absolute atomic E-state index is 0.148. The van der Waals surface area contributed by atoms with E-state index in [-0.39, 0.29) is 5.91 Å². The zero-order valence-corrected chi connectivity index (χ0v) is 15.7. The Labute approximate surface area is 150 Å². The van der Waals surface area contributed by atoms with Crippen molar-refractivity contribution in [3.8, 4) is 0 Å². The molecule has 25 heavy (non-hydrogen) atoms. The summed E-state index contributed by atoms with van der Waals surface area (Å²) in [6.07, 6.45) is 2.00. The highest BCUT2D eigenvalue weighted by molar-refractivity contribution is 5.95. The van der Waals surface area contributed by atoms with Crippen molar-refractivity contribution in [1.29, 1.82) is 0 Å². The highest BCUT2D eigenvalue weighted by atomic mass is 16.5. The molecule has 6 nitrogen and oxygen atoms in total. The van der Waals surface area contributed by atoms with Crippen LogP contribution in [0, 0.1) is 13.8 Å². The van der Waals surface area contributed by atoms with Gasteiger partial charge in [0, 0.05) is 56.8 Å². The third kappa shape index (κ3) is 4.25. The number of carbonyl (C=O) groups excluding carboxylic acids is 1. The van der Waals surface area contributed by atoms with Crippen LogP contribution in [-0.4, -0.2) is 77.4 Å². The second-order valence-corrected chi connectivity index (χ2v) is 7.29. The Morgan fingerprint density at radius 2 is 1.96 bits per heavy atom. The van der Waals surface area contributed by atoms with Crippen LogP contribution in [-0.2, 0) is 4.74 Å². The maximum atomic E-state index is 12.9. The van der Waals surface area contributed by atoms with Crippen LogP contribution in [0.4, 0.5) is 0 Å². The van der Waals surface area contributed by atoms with E-state index >= 15 is 0 Å². The summed E-state index contributed by atoms with van der Waals surface area (Å²) in [6.45, 7) is 10.7. The Balaban J connectivity index is 1.54. The molecule has 140 valence electrons. The summed E-state index contributed by atoms with van der Waals surface area (Å²) in [4.78, 5) is 17.1. The van der Waals surface area contributed by atoms with E-state index in [1.54, 1.807) is 0 Å². The molecule has 0 radical (unpaired) electrons. The van der Waals surface area contributed by atoms with Gasteiger partial charge < -0.3 is 19.3 Å². The summed E-state index contributed by atoms with van der Waals surface area (Å²) in [5.41, 5.74) is 3.16. The van der Waals surface area contributed by atoms with Crippen LogP contribution >= 0.6 is 0 Å². The fraction of sp³-hybridized carbons (Fsp3) is 0.737. The number of β-amino-alcohol motifs (C(OH)–C–C–N with tert-alkyl or cyclic N) is 1. The number of hydrogen-bond donors (Lipinski definition) is 1. The van der Waals surface area contributed by atoms with Gasteiger partial charge in [-0.2, -0.15) is 0 Å². The summed E-state index contributed by atoms with van der Waals surface area (Å²) >= 11 is 0. The molecule has 1 saturated heterocycles. The van der Waals surface area contributed by atoms with Gasteiger partial charge in [-0.1, -0.05) is 0 Å². The minimum Gasteiger partial charge on any atom is -0.389 e. The number of amides is 1. The van der Waals surface area contributed by atoms with Crippen LogP contribution in [0.25, 0.3) is 0 Å². The van der Waals surface area contributed by atoms with Gasteiger partial charge in [-0.3, -0.25) is 9.69 Å². The predicted octanol–water partition coefficient (Wildman–Crippen LogP) is 1.60. The number of aryl methyl sites for hydroxylation is 1. The molecule has 0 unspecified atom stereocenters. The van der Waals surface area contributed by atoms with Crippen LogP contribution < -0.4 is 0 Å². The molecular weight excluding hydrogens is 318 g/mol. The number of hydrogen-bond acceptors (Lipinski definition) is 4. The molecular formula is C19H31N3O3. The Kier molecular flexibility index (Phi) is 5.81. The van der Waals surface area contributed by atoms with E-state index in [1.165, 1.54) is 18.5 Å². The lowest BCUT2D eigenvalue weighted by Gasteiger charge is -2.35. The van der Waals surface area contributed by atoms with Crippen molar-refractivity contribution in [3.63, 3.8) is 0 Å². The van der Waals surface area contributed by atoms with E-state index in [0.717, 1.165) is 24.3 Å². The zero-order valence-electron chi connectivity index (χ0n) is 15.7. The first-order valence-electron chi connectivity index (χ1n) is 9.47. The average Bonchev–Trinajstić information content (AvgIpc) is 3.38. The number of aliphatic hydroxyl groups is 1. The molecule has 1 aromatic heterocycles. The van der Waals surface area contributed by atoms with Crippen molar-refractivity contribution in [2.75, 3.05) is 45.9 Å². The van der Waals surface area contributed by atoms with E-state index in [0.29, 0.717) is 38.9 Å². The minimum atomic E-state index is -0.459. The van der Waals surface area contributed by atoms with Gasteiger partial charge in [-0.05, 0) is 39.7 Å². The summed E-state index contributed by atoms with van der Waals surface area (Å²) in [5.74, 6) is 0.148. The Hall–Kier alpha value is -1.37. The number of ether oxygens (including phenoxy) is 1. The standard InChI is InChI=1S/C19H31N3O3/c1-4-25-13-17(23)12-20-7-9-21(10-8-20)19(24)18-11-14(2)22(15(18)3)16-5-6-16/h11,16-17,23H,4-10,12-13H2,1-3H3/t17-/m1/s1. The summed E-state index contributed by atoms with van der Waals surface area (Å²) in [5, 5.41) is 9.96. The molecule has 0 aromatic carbocycles. The van der Waals surface area contributed by atoms with Crippen LogP contribution in [0.2, 0.25) is 0 Å². The van der Waals surface area contributed by atoms with Crippen molar-refractivity contribution in [1.82, 2.24) is 14.4 Å². The molecule has 1 N–H and O–H groups in total. The molecule has 2 aliphatic rings. The second-order valence-electron chi connectivity index (χ2n) is 7.29. The van der Waals surface area contributed by atoms with Gasteiger partial charge in [-0.15, -0.1) is 0 Å². The van der Waals surface area contributed by atoms with E-state index < -0.39 is 6.10 Å². The monoisotopic (exact) mass is 349 g/mol. The number of carbonyl (C=O) groups is 1. The predicted molar refractivity (Wildman–Crippen MR) is 97.0 cm³/mol. The average molecular weight is 349 g/mol. The van der Waals surface area contributed by atoms with Gasteiger partial charge in [0.2, 0.25) is 0 Å². The lowest BCUT2D eigenvalue weighted by Crippen LogP contribution is -2.50. The van der Waals surface area contributed by atoms with Crippen molar-refractivity contribution in [2.24, 2.45) is 0 Å². The van der Waals surface area contributed by atoms with Crippen LogP contribution in [0.1, 0.15) is 47.6 Å². The second kappa shape index (κ2) is 7.89. The van der Waals surface area contributed by atoms with Gasteiger partial charge >= 0.3 is 0 Å². The topological polar surface area (TPSA) is 57.9 Å². The van der Waals surface area contributed by atoms with Crippen molar-refractivity contribution < 1.29 is 14.6 Å². The molecule has 1 aliphatic carbocycles. The Morgan fingerprint density at radius 3 is 2.56 bits per heavy atom. The number of nitrogens with zero attached hydrogens (tertiary/aromatic N) is 3. The lowest BCUT2D eigenvalue weighted by molar-refractivity contribution is 0.0111. The highest BCUT2D eigenvalue weighted by Gasteiger charge is 2.30. The van der Waals surface area contributed by atoms with Gasteiger partial charge in [0.05, 0.1) is 18.3 Å². The maximum absolute atomic E-state index is 12.9. The molecule has 1 atom stereocenters. The van der Waals surface area contributed by atoms with Crippen LogP contribution in [0.5, 0.6) is 0 Å². The van der Waals surface area contributed by atoms with Crippen molar-refractivity contribution in [3.05, 3.63) is 23.0 Å². The largest absolute Gasteiger partial charge is 0.389 e. The molecule has 1 aromatic rings. The number of aliphatic hydroxyl groups excluding tert-OH is 1. The lowest BCUT2D eigenvalue weighted by atomic mass is 10.2. The molecule has 2 fully saturated rings. The SMILES string of the molecule is CCOC[C@H](O)CN1CCN(C(=O)c2cc(C)n(C3CC3)c2C)CC1. The summed E-state index contributed by atoms with van der Waals surface area (Å²) in [6, 6.07) is 2.65. The molecule has 1 aliphatic heterocycles. The summed E-state index contributed by atoms with van der Waals surface area (Å²) in [7, 11) is 0. The van der Waals surface area contributed by atoms with Crippen LogP contribution in [0.3, 0.4) is 0 Å². The van der Waals surface area contributed by atoms with E-state index in [4.69, 9.17) is 4.74 Å². The third-order valence-corrected chi connectivity index (χ3v) is 5.27. The zero-order chi connectivity index (χ0) is 18.0. The van der Waals surface area contributed by atoms with Gasteiger partial charge in [-0.25, -0.2) is 0 Å². The first-order chi connectivity index (χ1) is 12.0. The number of piperazine rings is 1. The maximum Gasteiger partial charge on any atom is 0.255 e. The molecule has 1 amide bonds. The molecule has 0 bridgehead atoms. The molecule has 6 heteroatoms. The van der Waals surface area contributed by atoms with Crippen molar-refractivity contribution >= 4 is 5.91 Å². The Bertz CT molecular complexity index is 601. The molecule has 0 spiro atoms. The number of aromatic nitrogens is 1. The normalized spacial score (nSPS) is 20.1. The number of rotatable bonds is 7. The van der Waals surface area contributed by atoms with E-state index in [1.807, 2.05) is 17.9 Å². The highest BCUT2D eigenvalue weighted by Crippen LogP contribution is 2.38. The van der Waals surface area contributed by atoms with Gasteiger partial charge in [0.25, 0.3) is 5.91 Å². The molecule has 3 rings (SSSR count).